The van der Waals surface area contributed by atoms with Crippen LogP contribution in [0.4, 0.5) is 8.78 Å². The van der Waals surface area contributed by atoms with Gasteiger partial charge in [0.15, 0.2) is 0 Å². The third-order valence-corrected chi connectivity index (χ3v) is 7.66. The van der Waals surface area contributed by atoms with Crippen molar-refractivity contribution in [1.29, 1.82) is 0 Å². The van der Waals surface area contributed by atoms with Gasteiger partial charge >= 0.3 is 0 Å². The largest absolute Gasteiger partial charge is 0.374 e. The molecule has 10 heteroatoms. The molecule has 3 amide bonds. The lowest BCUT2D eigenvalue weighted by Gasteiger charge is -2.43. The van der Waals surface area contributed by atoms with Gasteiger partial charge in [-0.25, -0.2) is 8.78 Å². The van der Waals surface area contributed by atoms with Crippen LogP contribution in [-0.4, -0.2) is 72.4 Å². The van der Waals surface area contributed by atoms with E-state index in [0.717, 1.165) is 5.56 Å². The highest BCUT2D eigenvalue weighted by Gasteiger charge is 2.56. The number of carbonyl (C=O) groups excluding carboxylic acids is 3. The summed E-state index contributed by atoms with van der Waals surface area (Å²) >= 11 is 0. The SMILES string of the molecule is CN1CC(c2ccc(F)cc2)C2(CCCN(C(=O)[C@@H](COCc3ccc(F)cc3)NC(=O)C(C)(C)N)C2)C1=O. The number of hydrogen-bond donors (Lipinski definition) is 2. The van der Waals surface area contributed by atoms with Crippen molar-refractivity contribution in [3.63, 3.8) is 0 Å². The third-order valence-electron chi connectivity index (χ3n) is 7.66. The maximum atomic E-state index is 13.8. The zero-order valence-corrected chi connectivity index (χ0v) is 22.6. The maximum absolute atomic E-state index is 13.8. The Labute approximate surface area is 227 Å². The zero-order valence-electron chi connectivity index (χ0n) is 22.6. The molecule has 4 rings (SSSR count). The highest BCUT2D eigenvalue weighted by molar-refractivity contribution is 5.92. The van der Waals surface area contributed by atoms with E-state index in [4.69, 9.17) is 10.5 Å². The van der Waals surface area contributed by atoms with Gasteiger partial charge in [0.2, 0.25) is 17.7 Å². The van der Waals surface area contributed by atoms with Crippen LogP contribution in [0.5, 0.6) is 0 Å². The number of likely N-dealkylation sites (N-methyl/N-ethyl adjacent to an activating group) is 1. The van der Waals surface area contributed by atoms with E-state index in [2.05, 4.69) is 5.32 Å². The van der Waals surface area contributed by atoms with Crippen LogP contribution in [0.3, 0.4) is 0 Å². The highest BCUT2D eigenvalue weighted by atomic mass is 19.1. The van der Waals surface area contributed by atoms with Crippen molar-refractivity contribution in [2.75, 3.05) is 33.3 Å². The Kier molecular flexibility index (Phi) is 8.37. The van der Waals surface area contributed by atoms with Crippen molar-refractivity contribution in [2.45, 2.75) is 50.8 Å². The fourth-order valence-corrected chi connectivity index (χ4v) is 5.53. The molecule has 8 nitrogen and oxygen atoms in total. The number of nitrogens with one attached hydrogen (secondary N) is 1. The molecule has 3 atom stereocenters. The number of halogens is 2. The van der Waals surface area contributed by atoms with Gasteiger partial charge in [0.1, 0.15) is 17.7 Å². The van der Waals surface area contributed by atoms with E-state index >= 15 is 0 Å². The minimum atomic E-state index is -1.23. The van der Waals surface area contributed by atoms with Crippen LogP contribution in [0.1, 0.15) is 43.7 Å². The number of nitrogens with zero attached hydrogens (tertiary/aromatic N) is 2. The number of carbonyl (C=O) groups is 3. The number of benzene rings is 2. The minimum absolute atomic E-state index is 0.0504. The molecule has 2 saturated heterocycles. The van der Waals surface area contributed by atoms with Gasteiger partial charge in [0, 0.05) is 32.6 Å². The second-order valence-electron chi connectivity index (χ2n) is 11.2. The van der Waals surface area contributed by atoms with Crippen LogP contribution in [0.15, 0.2) is 48.5 Å². The van der Waals surface area contributed by atoms with Gasteiger partial charge in [-0.05, 0) is 62.1 Å². The lowest BCUT2D eigenvalue weighted by molar-refractivity contribution is -0.147. The molecular weight excluding hydrogens is 506 g/mol. The normalized spacial score (nSPS) is 22.3. The van der Waals surface area contributed by atoms with Gasteiger partial charge in [-0.15, -0.1) is 0 Å². The standard InChI is InChI=1S/C29H36F2N4O4/c1-28(2,32)26(37)33-24(17-39-16-19-5-9-21(30)10-6-19)25(36)35-14-4-13-29(18-35)23(15-34(3)27(29)38)20-7-11-22(31)12-8-20/h5-12,23-24H,4,13-18,32H2,1-3H3,(H,33,37)/t23?,24-,29?/m1/s1. The topological polar surface area (TPSA) is 105 Å². The Morgan fingerprint density at radius 2 is 1.74 bits per heavy atom. The van der Waals surface area contributed by atoms with Crippen molar-refractivity contribution < 1.29 is 27.9 Å². The number of ether oxygens (including phenoxy) is 1. The summed E-state index contributed by atoms with van der Waals surface area (Å²) in [6.45, 7) is 4.13. The Bertz CT molecular complexity index is 1200. The molecule has 39 heavy (non-hydrogen) atoms. The van der Waals surface area contributed by atoms with Gasteiger partial charge < -0.3 is 25.6 Å². The zero-order chi connectivity index (χ0) is 28.4. The fourth-order valence-electron chi connectivity index (χ4n) is 5.53. The summed E-state index contributed by atoms with van der Waals surface area (Å²) in [5.74, 6) is -1.87. The van der Waals surface area contributed by atoms with Gasteiger partial charge in [0.05, 0.1) is 24.2 Å². The number of rotatable bonds is 8. The highest BCUT2D eigenvalue weighted by Crippen LogP contribution is 2.49. The monoisotopic (exact) mass is 542 g/mol. The van der Waals surface area contributed by atoms with E-state index in [0.29, 0.717) is 31.5 Å². The van der Waals surface area contributed by atoms with Crippen molar-refractivity contribution in [3.05, 3.63) is 71.3 Å². The fraction of sp³-hybridized carbons (Fsp3) is 0.483. The summed E-state index contributed by atoms with van der Waals surface area (Å²) in [5, 5.41) is 2.72. The summed E-state index contributed by atoms with van der Waals surface area (Å²) in [6, 6.07) is 10.9. The minimum Gasteiger partial charge on any atom is -0.374 e. The molecule has 2 fully saturated rings. The molecule has 1 spiro atoms. The molecule has 210 valence electrons. The van der Waals surface area contributed by atoms with E-state index in [1.807, 2.05) is 0 Å². The van der Waals surface area contributed by atoms with Crippen LogP contribution in [-0.2, 0) is 25.7 Å². The smallest absolute Gasteiger partial charge is 0.247 e. The van der Waals surface area contributed by atoms with Gasteiger partial charge in [-0.3, -0.25) is 14.4 Å². The predicted octanol–water partition coefficient (Wildman–Crippen LogP) is 2.57. The first-order chi connectivity index (χ1) is 18.4. The Balaban J connectivity index is 1.54. The van der Waals surface area contributed by atoms with E-state index in [1.54, 1.807) is 55.0 Å². The molecule has 2 aliphatic heterocycles. The Morgan fingerprint density at radius 1 is 1.13 bits per heavy atom. The molecule has 0 aromatic heterocycles. The summed E-state index contributed by atoms with van der Waals surface area (Å²) in [5.41, 5.74) is 5.46. The number of nitrogens with two attached hydrogens (primary N) is 1. The first kappa shape index (κ1) is 28.6. The lowest BCUT2D eigenvalue weighted by Crippen LogP contribution is -2.60. The van der Waals surface area contributed by atoms with Gasteiger partial charge in [-0.2, -0.15) is 0 Å². The first-order valence-electron chi connectivity index (χ1n) is 13.1. The average Bonchev–Trinajstić information content (AvgIpc) is 3.13. The Morgan fingerprint density at radius 3 is 2.36 bits per heavy atom. The lowest BCUT2D eigenvalue weighted by atomic mass is 9.69. The molecule has 3 N–H and O–H groups in total. The Hall–Kier alpha value is -3.37. The van der Waals surface area contributed by atoms with Crippen LogP contribution < -0.4 is 11.1 Å². The quantitative estimate of drug-likeness (QED) is 0.534. The summed E-state index contributed by atoms with van der Waals surface area (Å²) in [6.07, 6.45) is 1.19. The van der Waals surface area contributed by atoms with E-state index in [-0.39, 0.29) is 49.1 Å². The van der Waals surface area contributed by atoms with Crippen LogP contribution in [0.2, 0.25) is 0 Å². The molecule has 2 aromatic rings. The number of piperidine rings is 1. The van der Waals surface area contributed by atoms with Crippen LogP contribution in [0.25, 0.3) is 0 Å². The first-order valence-corrected chi connectivity index (χ1v) is 13.1. The van der Waals surface area contributed by atoms with Gasteiger partial charge in [0.25, 0.3) is 0 Å². The molecule has 0 saturated carbocycles. The van der Waals surface area contributed by atoms with Crippen LogP contribution >= 0.6 is 0 Å². The van der Waals surface area contributed by atoms with Crippen molar-refractivity contribution in [3.8, 4) is 0 Å². The van der Waals surface area contributed by atoms with Crippen LogP contribution in [0, 0.1) is 17.0 Å². The van der Waals surface area contributed by atoms with Crippen molar-refractivity contribution in [2.24, 2.45) is 11.1 Å². The molecule has 0 radical (unpaired) electrons. The van der Waals surface area contributed by atoms with E-state index in [9.17, 15) is 23.2 Å². The molecule has 2 unspecified atom stereocenters. The average molecular weight is 543 g/mol. The van der Waals surface area contributed by atoms with Crippen molar-refractivity contribution in [1.82, 2.24) is 15.1 Å². The number of likely N-dealkylation sites (tertiary alicyclic amines) is 2. The van der Waals surface area contributed by atoms with Gasteiger partial charge in [-0.1, -0.05) is 24.3 Å². The predicted molar refractivity (Wildman–Crippen MR) is 141 cm³/mol. The molecule has 2 heterocycles. The molecule has 2 aliphatic rings. The second kappa shape index (κ2) is 11.4. The van der Waals surface area contributed by atoms with E-state index in [1.165, 1.54) is 24.3 Å². The molecule has 2 aromatic carbocycles. The summed E-state index contributed by atoms with van der Waals surface area (Å²) in [4.78, 5) is 43.4. The number of hydrogen-bond acceptors (Lipinski definition) is 5. The summed E-state index contributed by atoms with van der Waals surface area (Å²) in [7, 11) is 1.74. The second-order valence-corrected chi connectivity index (χ2v) is 11.2. The molecule has 0 bridgehead atoms. The van der Waals surface area contributed by atoms with E-state index < -0.39 is 22.9 Å². The number of amides is 3. The maximum Gasteiger partial charge on any atom is 0.247 e. The molecule has 0 aliphatic carbocycles. The molecular formula is C29H36F2N4O4. The van der Waals surface area contributed by atoms with Crippen molar-refractivity contribution >= 4 is 17.7 Å². The third kappa shape index (κ3) is 6.28. The summed E-state index contributed by atoms with van der Waals surface area (Å²) < 4.78 is 32.6.